The van der Waals surface area contributed by atoms with Gasteiger partial charge in [-0.05, 0) is 46.2 Å². The third-order valence-electron chi connectivity index (χ3n) is 2.58. The van der Waals surface area contributed by atoms with Gasteiger partial charge in [-0.1, -0.05) is 27.7 Å². The Balaban J connectivity index is 3.45. The lowest BCUT2D eigenvalue weighted by Gasteiger charge is -2.18. The summed E-state index contributed by atoms with van der Waals surface area (Å²) in [5.41, 5.74) is 1.37. The van der Waals surface area contributed by atoms with E-state index in [0.717, 1.165) is 0 Å². The van der Waals surface area contributed by atoms with E-state index in [1.807, 2.05) is 27.7 Å². The van der Waals surface area contributed by atoms with Crippen molar-refractivity contribution in [3.8, 4) is 5.75 Å². The van der Waals surface area contributed by atoms with Gasteiger partial charge in [0.15, 0.2) is 0 Å². The van der Waals surface area contributed by atoms with Crippen molar-refractivity contribution >= 4 is 11.1 Å². The van der Waals surface area contributed by atoms with Gasteiger partial charge in [0.2, 0.25) is 0 Å². The normalized spacial score (nSPS) is 13.4. The average Bonchev–Trinajstić information content (AvgIpc) is 2.16. The van der Waals surface area contributed by atoms with E-state index in [0.29, 0.717) is 11.1 Å². The number of phenolic OH excluding ortho intramolecular Hbond substituents is 1. The van der Waals surface area contributed by atoms with Crippen LogP contribution < -0.4 is 0 Å². The molecule has 0 fully saturated rings. The maximum atomic E-state index is 11.0. The zero-order valence-electron chi connectivity index (χ0n) is 9.98. The van der Waals surface area contributed by atoms with Crippen molar-refractivity contribution in [1.82, 2.24) is 0 Å². The van der Waals surface area contributed by atoms with Crippen molar-refractivity contribution in [1.29, 1.82) is 0 Å². The average molecular weight is 241 g/mol. The quantitative estimate of drug-likeness (QED) is 0.828. The summed E-state index contributed by atoms with van der Waals surface area (Å²) < 4.78 is 22.0. The molecule has 0 aliphatic carbocycles. The Bertz CT molecular complexity index is 382. The van der Waals surface area contributed by atoms with Gasteiger partial charge in [-0.15, -0.1) is 0 Å². The van der Waals surface area contributed by atoms with Crippen molar-refractivity contribution in [3.05, 3.63) is 23.3 Å². The summed E-state index contributed by atoms with van der Waals surface area (Å²) in [6.45, 7) is 7.71. The van der Waals surface area contributed by atoms with Crippen LogP contribution in [0.5, 0.6) is 5.75 Å². The van der Waals surface area contributed by atoms with Gasteiger partial charge in [0.25, 0.3) is 0 Å². The second kappa shape index (κ2) is 4.97. The van der Waals surface area contributed by atoms with E-state index < -0.39 is 11.1 Å². The van der Waals surface area contributed by atoms with E-state index in [2.05, 4.69) is 0 Å². The monoisotopic (exact) mass is 241 g/mol. The summed E-state index contributed by atoms with van der Waals surface area (Å²) in [7, 11) is 0. The molecule has 0 spiro atoms. The molecule has 1 atom stereocenters. The van der Waals surface area contributed by atoms with Crippen LogP contribution in [0.2, 0.25) is 0 Å². The van der Waals surface area contributed by atoms with Gasteiger partial charge in [-0.3, -0.25) is 4.21 Å². The minimum atomic E-state index is -2.25. The summed E-state index contributed by atoms with van der Waals surface area (Å²) in [5.74, 6) is 0.418. The summed E-state index contributed by atoms with van der Waals surface area (Å²) >= 11 is -2.25. The number of hydrogen-bond acceptors (Lipinski definition) is 3. The Labute approximate surface area is 98.8 Å². The molecular formula is C12H17O3S-. The number of hydrogen-bond donors (Lipinski definition) is 1. The predicted octanol–water partition coefficient (Wildman–Crippen LogP) is 2.88. The SMILES string of the molecule is CC(C)c1cc(S(=O)[O-])cc(C(C)C)c1O. The summed E-state index contributed by atoms with van der Waals surface area (Å²) in [6, 6.07) is 3.07. The molecule has 0 saturated carbocycles. The molecule has 1 aromatic carbocycles. The first-order valence-corrected chi connectivity index (χ1v) is 6.38. The largest absolute Gasteiger partial charge is 0.768 e. The molecule has 0 aliphatic heterocycles. The molecule has 0 radical (unpaired) electrons. The second-order valence-electron chi connectivity index (χ2n) is 4.49. The lowest BCUT2D eigenvalue weighted by molar-refractivity contribution is 0.453. The molecule has 0 saturated heterocycles. The van der Waals surface area contributed by atoms with Crippen LogP contribution in [0.15, 0.2) is 17.0 Å². The summed E-state index contributed by atoms with van der Waals surface area (Å²) in [6.07, 6.45) is 0. The highest BCUT2D eigenvalue weighted by atomic mass is 32.2. The molecule has 0 aliphatic rings. The lowest BCUT2D eigenvalue weighted by Crippen LogP contribution is -1.99. The van der Waals surface area contributed by atoms with Crippen LogP contribution in [-0.2, 0) is 11.1 Å². The first-order chi connectivity index (χ1) is 7.34. The van der Waals surface area contributed by atoms with Crippen molar-refractivity contribution in [2.24, 2.45) is 0 Å². The molecule has 0 bridgehead atoms. The third-order valence-corrected chi connectivity index (χ3v) is 3.20. The fraction of sp³-hybridized carbons (Fsp3) is 0.500. The Morgan fingerprint density at radius 1 is 1.12 bits per heavy atom. The maximum absolute atomic E-state index is 11.0. The van der Waals surface area contributed by atoms with Crippen LogP contribution in [0, 0.1) is 0 Å². The van der Waals surface area contributed by atoms with Crippen LogP contribution in [-0.4, -0.2) is 13.9 Å². The van der Waals surface area contributed by atoms with Crippen LogP contribution in [0.4, 0.5) is 0 Å². The molecule has 1 unspecified atom stereocenters. The Morgan fingerprint density at radius 2 is 1.50 bits per heavy atom. The van der Waals surface area contributed by atoms with Gasteiger partial charge in [0.05, 0.1) is 0 Å². The van der Waals surface area contributed by atoms with E-state index in [1.165, 1.54) is 12.1 Å². The van der Waals surface area contributed by atoms with Crippen molar-refractivity contribution in [3.63, 3.8) is 0 Å². The molecular weight excluding hydrogens is 224 g/mol. The van der Waals surface area contributed by atoms with Crippen LogP contribution in [0.25, 0.3) is 0 Å². The van der Waals surface area contributed by atoms with Gasteiger partial charge in [-0.2, -0.15) is 0 Å². The Hall–Kier alpha value is -0.870. The highest BCUT2D eigenvalue weighted by Crippen LogP contribution is 2.35. The van der Waals surface area contributed by atoms with E-state index >= 15 is 0 Å². The molecule has 1 rings (SSSR count). The van der Waals surface area contributed by atoms with Crippen molar-refractivity contribution in [2.75, 3.05) is 0 Å². The fourth-order valence-corrected chi connectivity index (χ4v) is 2.07. The van der Waals surface area contributed by atoms with Crippen molar-refractivity contribution in [2.45, 2.75) is 44.4 Å². The van der Waals surface area contributed by atoms with Gasteiger partial charge in [-0.25, -0.2) is 0 Å². The first kappa shape index (κ1) is 13.2. The summed E-state index contributed by atoms with van der Waals surface area (Å²) in [5, 5.41) is 10.0. The highest BCUT2D eigenvalue weighted by Gasteiger charge is 2.15. The van der Waals surface area contributed by atoms with Gasteiger partial charge in [0.1, 0.15) is 5.75 Å². The molecule has 0 heterocycles. The zero-order chi connectivity index (χ0) is 12.5. The number of benzene rings is 1. The molecule has 90 valence electrons. The summed E-state index contributed by atoms with van der Waals surface area (Å²) in [4.78, 5) is 0.241. The van der Waals surface area contributed by atoms with Crippen LogP contribution >= 0.6 is 0 Å². The second-order valence-corrected chi connectivity index (χ2v) is 5.44. The van der Waals surface area contributed by atoms with E-state index in [9.17, 15) is 13.9 Å². The minimum absolute atomic E-state index is 0.0981. The van der Waals surface area contributed by atoms with E-state index in [4.69, 9.17) is 0 Å². The Kier molecular flexibility index (Phi) is 4.10. The van der Waals surface area contributed by atoms with Crippen LogP contribution in [0.1, 0.15) is 50.7 Å². The standard InChI is InChI=1S/C12H18O3S/c1-7(2)10-5-9(16(14)15)6-11(8(3)4)12(10)13/h5-8,13H,1-4H3,(H,14,15)/p-1. The molecule has 0 aromatic heterocycles. The highest BCUT2D eigenvalue weighted by molar-refractivity contribution is 7.79. The molecule has 3 nitrogen and oxygen atoms in total. The van der Waals surface area contributed by atoms with Gasteiger partial charge < -0.3 is 9.66 Å². The van der Waals surface area contributed by atoms with Crippen LogP contribution in [0.3, 0.4) is 0 Å². The first-order valence-electron chi connectivity index (χ1n) is 5.30. The number of rotatable bonds is 3. The number of aromatic hydroxyl groups is 1. The fourth-order valence-electron chi connectivity index (χ4n) is 1.63. The van der Waals surface area contributed by atoms with E-state index in [1.54, 1.807) is 0 Å². The lowest BCUT2D eigenvalue weighted by atomic mass is 9.94. The number of phenols is 1. The molecule has 0 amide bonds. The van der Waals surface area contributed by atoms with Gasteiger partial charge >= 0.3 is 0 Å². The predicted molar refractivity (Wildman–Crippen MR) is 63.5 cm³/mol. The zero-order valence-corrected chi connectivity index (χ0v) is 10.8. The van der Waals surface area contributed by atoms with Crippen molar-refractivity contribution < 1.29 is 13.9 Å². The topological polar surface area (TPSA) is 60.4 Å². The Morgan fingerprint density at radius 3 is 1.75 bits per heavy atom. The third kappa shape index (κ3) is 2.62. The smallest absolute Gasteiger partial charge is 0.122 e. The maximum Gasteiger partial charge on any atom is 0.122 e. The molecule has 1 N–H and O–H groups in total. The van der Waals surface area contributed by atoms with E-state index in [-0.39, 0.29) is 22.5 Å². The van der Waals surface area contributed by atoms with Gasteiger partial charge in [0, 0.05) is 4.90 Å². The molecule has 4 heteroatoms. The minimum Gasteiger partial charge on any atom is -0.768 e. The molecule has 16 heavy (non-hydrogen) atoms. The molecule has 1 aromatic rings.